The van der Waals surface area contributed by atoms with Gasteiger partial charge in [0.25, 0.3) is 10.0 Å². The van der Waals surface area contributed by atoms with E-state index < -0.39 is 10.0 Å². The zero-order valence-electron chi connectivity index (χ0n) is 10.3. The minimum absolute atomic E-state index is 0.0180. The highest BCUT2D eigenvalue weighted by molar-refractivity contribution is 7.92. The van der Waals surface area contributed by atoms with Crippen molar-refractivity contribution in [3.05, 3.63) is 57.0 Å². The number of halogens is 3. The Balaban J connectivity index is 2.48. The summed E-state index contributed by atoms with van der Waals surface area (Å²) in [7, 11) is -3.96. The monoisotopic (exact) mass is 360 g/mol. The molecule has 4 nitrogen and oxygen atoms in total. The van der Waals surface area contributed by atoms with Crippen LogP contribution in [-0.4, -0.2) is 8.42 Å². The maximum absolute atomic E-state index is 12.3. The van der Waals surface area contributed by atoms with Crippen LogP contribution in [-0.2, 0) is 10.0 Å². The largest absolute Gasteiger partial charge is 0.278 e. The van der Waals surface area contributed by atoms with Crippen LogP contribution in [0.5, 0.6) is 0 Å². The number of hydrogen-bond donors (Lipinski definition) is 1. The average molecular weight is 362 g/mol. The molecule has 108 valence electrons. The SMILES string of the molecule is N#Cc1c(Cl)cccc1NS(=O)(=O)c1ccc(Cl)cc1Cl. The summed E-state index contributed by atoms with van der Waals surface area (Å²) in [6, 6.07) is 10.3. The highest BCUT2D eigenvalue weighted by Gasteiger charge is 2.20. The Hall–Kier alpha value is -1.45. The van der Waals surface area contributed by atoms with Gasteiger partial charge < -0.3 is 0 Å². The highest BCUT2D eigenvalue weighted by Crippen LogP contribution is 2.29. The molecule has 0 aliphatic carbocycles. The molecule has 0 bridgehead atoms. The van der Waals surface area contributed by atoms with Crippen LogP contribution >= 0.6 is 34.8 Å². The number of nitrogens with zero attached hydrogens (tertiary/aromatic N) is 1. The van der Waals surface area contributed by atoms with Gasteiger partial charge in [0, 0.05) is 5.02 Å². The molecule has 0 saturated heterocycles. The number of benzene rings is 2. The summed E-state index contributed by atoms with van der Waals surface area (Å²) in [5, 5.41) is 9.50. The highest BCUT2D eigenvalue weighted by atomic mass is 35.5. The van der Waals surface area contributed by atoms with Crippen LogP contribution < -0.4 is 4.72 Å². The lowest BCUT2D eigenvalue weighted by Crippen LogP contribution is -2.14. The van der Waals surface area contributed by atoms with Crippen molar-refractivity contribution < 1.29 is 8.42 Å². The van der Waals surface area contributed by atoms with Crippen LogP contribution in [0.1, 0.15) is 5.56 Å². The van der Waals surface area contributed by atoms with Gasteiger partial charge in [-0.2, -0.15) is 5.26 Å². The Morgan fingerprint density at radius 2 is 1.76 bits per heavy atom. The van der Waals surface area contributed by atoms with Crippen molar-refractivity contribution in [3.8, 4) is 6.07 Å². The summed E-state index contributed by atoms with van der Waals surface area (Å²) in [4.78, 5) is -0.141. The molecule has 21 heavy (non-hydrogen) atoms. The number of nitrogens with one attached hydrogen (secondary N) is 1. The number of nitriles is 1. The van der Waals surface area contributed by atoms with Gasteiger partial charge in [-0.15, -0.1) is 0 Å². The third-order valence-electron chi connectivity index (χ3n) is 2.55. The van der Waals surface area contributed by atoms with E-state index in [0.717, 1.165) is 0 Å². The Bertz CT molecular complexity index is 845. The van der Waals surface area contributed by atoms with E-state index >= 15 is 0 Å². The second-order valence-electron chi connectivity index (χ2n) is 3.95. The molecular formula is C13H7Cl3N2O2S. The third-order valence-corrected chi connectivity index (χ3v) is 4.95. The third kappa shape index (κ3) is 3.42. The molecule has 0 amide bonds. The smallest absolute Gasteiger partial charge is 0.263 e. The van der Waals surface area contributed by atoms with Crippen LogP contribution in [0.4, 0.5) is 5.69 Å². The fourth-order valence-corrected chi connectivity index (χ4v) is 3.68. The van der Waals surface area contributed by atoms with Crippen molar-refractivity contribution in [1.29, 1.82) is 5.26 Å². The molecule has 0 aliphatic rings. The molecule has 0 atom stereocenters. The molecule has 8 heteroatoms. The van der Waals surface area contributed by atoms with Gasteiger partial charge in [-0.25, -0.2) is 8.42 Å². The molecule has 0 saturated carbocycles. The number of anilines is 1. The average Bonchev–Trinajstić information content (AvgIpc) is 2.38. The van der Waals surface area contributed by atoms with Crippen LogP contribution in [0.2, 0.25) is 15.1 Å². The van der Waals surface area contributed by atoms with Crippen molar-refractivity contribution in [2.45, 2.75) is 4.90 Å². The number of hydrogen-bond acceptors (Lipinski definition) is 3. The molecule has 2 aromatic carbocycles. The van der Waals surface area contributed by atoms with E-state index in [0.29, 0.717) is 5.02 Å². The maximum atomic E-state index is 12.3. The van der Waals surface area contributed by atoms with E-state index in [-0.39, 0.29) is 26.2 Å². The van der Waals surface area contributed by atoms with E-state index in [2.05, 4.69) is 4.72 Å². The first-order chi connectivity index (χ1) is 9.85. The van der Waals surface area contributed by atoms with Gasteiger partial charge in [0.2, 0.25) is 0 Å². The molecule has 0 aromatic heterocycles. The van der Waals surface area contributed by atoms with Crippen LogP contribution in [0, 0.1) is 11.3 Å². The molecule has 2 aromatic rings. The fraction of sp³-hybridized carbons (Fsp3) is 0. The lowest BCUT2D eigenvalue weighted by Gasteiger charge is -2.11. The van der Waals surface area contributed by atoms with Crippen LogP contribution in [0.25, 0.3) is 0 Å². The summed E-state index contributed by atoms with van der Waals surface area (Å²) >= 11 is 17.5. The zero-order chi connectivity index (χ0) is 15.6. The van der Waals surface area contributed by atoms with Crippen molar-refractivity contribution in [2.75, 3.05) is 4.72 Å². The van der Waals surface area contributed by atoms with E-state index in [1.54, 1.807) is 0 Å². The summed E-state index contributed by atoms with van der Waals surface area (Å²) in [5.74, 6) is 0. The van der Waals surface area contributed by atoms with Gasteiger partial charge in [-0.3, -0.25) is 4.72 Å². The minimum Gasteiger partial charge on any atom is -0.278 e. The van der Waals surface area contributed by atoms with Crippen molar-refractivity contribution in [3.63, 3.8) is 0 Å². The summed E-state index contributed by atoms with van der Waals surface area (Å²) in [5.41, 5.74) is 0.115. The summed E-state index contributed by atoms with van der Waals surface area (Å²) < 4.78 is 26.9. The molecule has 0 heterocycles. The first-order valence-corrected chi connectivity index (χ1v) is 8.13. The Morgan fingerprint density at radius 1 is 1.05 bits per heavy atom. The zero-order valence-corrected chi connectivity index (χ0v) is 13.4. The van der Waals surface area contributed by atoms with E-state index in [1.807, 2.05) is 6.07 Å². The second-order valence-corrected chi connectivity index (χ2v) is 6.86. The second kappa shape index (κ2) is 6.12. The van der Waals surface area contributed by atoms with Gasteiger partial charge in [0.1, 0.15) is 11.0 Å². The van der Waals surface area contributed by atoms with Gasteiger partial charge in [-0.05, 0) is 30.3 Å². The molecule has 2 rings (SSSR count). The Labute approximate surface area is 136 Å². The normalized spacial score (nSPS) is 11.0. The van der Waals surface area contributed by atoms with Gasteiger partial charge in [-0.1, -0.05) is 40.9 Å². The van der Waals surface area contributed by atoms with Gasteiger partial charge in [0.05, 0.1) is 21.3 Å². The minimum atomic E-state index is -3.96. The summed E-state index contributed by atoms with van der Waals surface area (Å²) in [6.45, 7) is 0. The molecule has 1 N–H and O–H groups in total. The topological polar surface area (TPSA) is 70.0 Å². The van der Waals surface area contributed by atoms with E-state index in [1.165, 1.54) is 36.4 Å². The predicted molar refractivity (Wildman–Crippen MR) is 83.4 cm³/mol. The Morgan fingerprint density at radius 3 is 2.38 bits per heavy atom. The van der Waals surface area contributed by atoms with Crippen LogP contribution in [0.15, 0.2) is 41.3 Å². The lowest BCUT2D eigenvalue weighted by atomic mass is 10.2. The van der Waals surface area contributed by atoms with Crippen molar-refractivity contribution in [2.24, 2.45) is 0 Å². The van der Waals surface area contributed by atoms with Crippen molar-refractivity contribution in [1.82, 2.24) is 0 Å². The first kappa shape index (κ1) is 15.9. The van der Waals surface area contributed by atoms with Gasteiger partial charge in [0.15, 0.2) is 0 Å². The van der Waals surface area contributed by atoms with E-state index in [9.17, 15) is 8.42 Å². The molecule has 0 radical (unpaired) electrons. The molecular weight excluding hydrogens is 355 g/mol. The quantitative estimate of drug-likeness (QED) is 0.885. The maximum Gasteiger partial charge on any atom is 0.263 e. The van der Waals surface area contributed by atoms with Gasteiger partial charge >= 0.3 is 0 Å². The fourth-order valence-electron chi connectivity index (χ4n) is 1.62. The van der Waals surface area contributed by atoms with Crippen molar-refractivity contribution >= 4 is 50.5 Å². The standard InChI is InChI=1S/C13H7Cl3N2O2S/c14-8-4-5-13(11(16)6-8)21(19,20)18-12-3-1-2-10(15)9(12)7-17/h1-6,18H. The number of rotatable bonds is 3. The summed E-state index contributed by atoms with van der Waals surface area (Å²) in [6.07, 6.45) is 0. The van der Waals surface area contributed by atoms with Crippen LogP contribution in [0.3, 0.4) is 0 Å². The lowest BCUT2D eigenvalue weighted by molar-refractivity contribution is 0.601. The molecule has 0 unspecified atom stereocenters. The van der Waals surface area contributed by atoms with E-state index in [4.69, 9.17) is 40.1 Å². The molecule has 0 spiro atoms. The predicted octanol–water partition coefficient (Wildman–Crippen LogP) is 4.32. The number of sulfonamides is 1. The molecule has 0 aliphatic heterocycles. The first-order valence-electron chi connectivity index (χ1n) is 5.51. The molecule has 0 fully saturated rings. The Kier molecular flexibility index (Phi) is 4.64.